The monoisotopic (exact) mass is 623 g/mol. The van der Waals surface area contributed by atoms with E-state index in [1.54, 1.807) is 41.4 Å². The molecular formula is C31H31F2N5O5S. The maximum Gasteiger partial charge on any atom is 0.262 e. The molecule has 4 heterocycles. The van der Waals surface area contributed by atoms with Crippen molar-refractivity contribution in [3.63, 3.8) is 0 Å². The molecule has 0 radical (unpaired) electrons. The molecule has 13 heteroatoms. The van der Waals surface area contributed by atoms with E-state index < -0.39 is 52.8 Å². The first-order valence-corrected chi connectivity index (χ1v) is 15.1. The second-order valence-corrected chi connectivity index (χ2v) is 12.1. The summed E-state index contributed by atoms with van der Waals surface area (Å²) in [4.78, 5) is 51.2. The number of carbonyl (C=O) groups is 3. The van der Waals surface area contributed by atoms with E-state index in [1.807, 2.05) is 12.3 Å². The van der Waals surface area contributed by atoms with E-state index in [1.165, 1.54) is 28.5 Å². The predicted octanol–water partition coefficient (Wildman–Crippen LogP) is 2.54. The number of fused-ring (bicyclic) bond motifs is 2. The average Bonchev–Trinajstić information content (AvgIpc) is 3.52. The molecule has 2 amide bonds. The molecule has 0 spiro atoms. The van der Waals surface area contributed by atoms with Crippen LogP contribution >= 0.6 is 11.3 Å². The number of aromatic nitrogens is 1. The number of amides is 2. The Bertz CT molecular complexity index is 1590. The third kappa shape index (κ3) is 5.63. The fourth-order valence-corrected chi connectivity index (χ4v) is 6.66. The molecule has 3 aliphatic heterocycles. The van der Waals surface area contributed by atoms with Gasteiger partial charge in [0, 0.05) is 48.5 Å². The zero-order valence-electron chi connectivity index (χ0n) is 23.9. The molecule has 0 bridgehead atoms. The van der Waals surface area contributed by atoms with Crippen LogP contribution in [-0.4, -0.2) is 79.5 Å². The van der Waals surface area contributed by atoms with Crippen molar-refractivity contribution < 1.29 is 33.0 Å². The molecule has 10 nitrogen and oxygen atoms in total. The Hall–Kier alpha value is -4.04. The van der Waals surface area contributed by atoms with E-state index in [0.717, 1.165) is 11.1 Å². The van der Waals surface area contributed by atoms with Gasteiger partial charge in [0.25, 0.3) is 17.6 Å². The van der Waals surface area contributed by atoms with Crippen LogP contribution in [0.4, 0.5) is 8.78 Å². The zero-order chi connectivity index (χ0) is 31.0. The molecule has 2 N–H and O–H groups in total. The summed E-state index contributed by atoms with van der Waals surface area (Å²) in [5, 5.41) is 17.2. The van der Waals surface area contributed by atoms with Crippen LogP contribution < -0.4 is 5.32 Å². The van der Waals surface area contributed by atoms with Gasteiger partial charge in [-0.1, -0.05) is 36.4 Å². The van der Waals surface area contributed by atoms with E-state index in [-0.39, 0.29) is 31.3 Å². The number of carbonyl (C=O) groups excluding carboxylic acids is 3. The first-order chi connectivity index (χ1) is 21.2. The van der Waals surface area contributed by atoms with Crippen LogP contribution in [-0.2, 0) is 38.8 Å². The summed E-state index contributed by atoms with van der Waals surface area (Å²) in [6.07, 6.45) is 3.26. The first kappa shape index (κ1) is 30.0. The predicted molar refractivity (Wildman–Crippen MR) is 155 cm³/mol. The standard InChI is InChI=1S/C31H31F2N5O5S/c1-19-9-11-36(16-25-34-10-12-44-25)26-17-37-15-23(29(40)35-14-21-7-8-22(32)13-24(21)33)28(39)31(42,27(37)30(41)38(19)26)43-18-20-5-3-2-4-6-20/h2-8,10,12-13,15,19,26-27,42H,9,11,14,16-18H2,1H3,(H,35,40). The molecule has 6 rings (SSSR count). The van der Waals surface area contributed by atoms with Gasteiger partial charge in [0.1, 0.15) is 28.4 Å². The highest BCUT2D eigenvalue weighted by Gasteiger charge is 2.61. The van der Waals surface area contributed by atoms with Gasteiger partial charge in [0.15, 0.2) is 6.04 Å². The lowest BCUT2D eigenvalue weighted by Gasteiger charge is -2.57. The number of hydrogen-bond donors (Lipinski definition) is 2. The minimum absolute atomic E-state index is 0.00916. The Balaban J connectivity index is 1.33. The maximum absolute atomic E-state index is 14.2. The molecule has 4 atom stereocenters. The fourth-order valence-electron chi connectivity index (χ4n) is 6.01. The van der Waals surface area contributed by atoms with Crippen molar-refractivity contribution in [2.24, 2.45) is 0 Å². The number of ketones is 1. The largest absolute Gasteiger partial charge is 0.357 e. The zero-order valence-corrected chi connectivity index (χ0v) is 24.7. The Labute approximate surface area is 256 Å². The van der Waals surface area contributed by atoms with Crippen LogP contribution in [0.15, 0.2) is 71.9 Å². The van der Waals surface area contributed by atoms with Crippen LogP contribution in [0.2, 0.25) is 0 Å². The quantitative estimate of drug-likeness (QED) is 0.291. The molecule has 2 saturated heterocycles. The van der Waals surface area contributed by atoms with Gasteiger partial charge in [-0.05, 0) is 25.0 Å². The number of ether oxygens (including phenoxy) is 1. The Morgan fingerprint density at radius 1 is 1.20 bits per heavy atom. The van der Waals surface area contributed by atoms with E-state index in [9.17, 15) is 28.3 Å². The van der Waals surface area contributed by atoms with E-state index in [2.05, 4.69) is 15.2 Å². The lowest BCUT2D eigenvalue weighted by atomic mass is 9.86. The number of rotatable bonds is 8. The van der Waals surface area contributed by atoms with Crippen LogP contribution in [0.25, 0.3) is 0 Å². The van der Waals surface area contributed by atoms with E-state index in [4.69, 9.17) is 4.74 Å². The molecule has 0 saturated carbocycles. The van der Waals surface area contributed by atoms with Gasteiger partial charge in [-0.25, -0.2) is 13.8 Å². The normalized spacial score (nSPS) is 25.4. The van der Waals surface area contributed by atoms with E-state index in [0.29, 0.717) is 31.1 Å². The third-order valence-electron chi connectivity index (χ3n) is 8.30. The number of nitrogens with zero attached hydrogens (tertiary/aromatic N) is 4. The minimum Gasteiger partial charge on any atom is -0.357 e. The summed E-state index contributed by atoms with van der Waals surface area (Å²) in [5.41, 5.74) is 0.209. The molecule has 44 heavy (non-hydrogen) atoms. The van der Waals surface area contributed by atoms with Gasteiger partial charge in [-0.15, -0.1) is 11.3 Å². The number of aliphatic hydroxyl groups is 1. The van der Waals surface area contributed by atoms with Gasteiger partial charge in [-0.2, -0.15) is 0 Å². The maximum atomic E-state index is 14.2. The molecular weight excluding hydrogens is 592 g/mol. The molecule has 3 aromatic rings. The number of halogens is 2. The number of nitrogens with one attached hydrogen (secondary N) is 1. The number of thiazole rings is 1. The van der Waals surface area contributed by atoms with Crippen molar-refractivity contribution in [1.29, 1.82) is 0 Å². The Morgan fingerprint density at radius 3 is 2.73 bits per heavy atom. The molecule has 4 unspecified atom stereocenters. The summed E-state index contributed by atoms with van der Waals surface area (Å²) in [6.45, 7) is 2.77. The van der Waals surface area contributed by atoms with Gasteiger partial charge >= 0.3 is 0 Å². The van der Waals surface area contributed by atoms with Crippen molar-refractivity contribution in [2.75, 3.05) is 13.1 Å². The Morgan fingerprint density at radius 2 is 2.00 bits per heavy atom. The van der Waals surface area contributed by atoms with Crippen molar-refractivity contribution in [3.05, 3.63) is 99.6 Å². The molecule has 230 valence electrons. The summed E-state index contributed by atoms with van der Waals surface area (Å²) >= 11 is 1.51. The summed E-state index contributed by atoms with van der Waals surface area (Å²) < 4.78 is 33.5. The minimum atomic E-state index is -2.70. The van der Waals surface area contributed by atoms with Gasteiger partial charge in [0.2, 0.25) is 5.78 Å². The van der Waals surface area contributed by atoms with Crippen LogP contribution in [0.5, 0.6) is 0 Å². The fraction of sp³-hybridized carbons (Fsp3) is 0.355. The number of piperazine rings is 1. The smallest absolute Gasteiger partial charge is 0.262 e. The van der Waals surface area contributed by atoms with Gasteiger partial charge in [-0.3, -0.25) is 19.3 Å². The molecule has 2 aromatic carbocycles. The number of hydrogen-bond acceptors (Lipinski definition) is 9. The highest BCUT2D eigenvalue weighted by atomic mass is 32.1. The summed E-state index contributed by atoms with van der Waals surface area (Å²) in [7, 11) is 0. The van der Waals surface area contributed by atoms with Crippen LogP contribution in [0.3, 0.4) is 0 Å². The van der Waals surface area contributed by atoms with Gasteiger partial charge < -0.3 is 25.0 Å². The van der Waals surface area contributed by atoms with E-state index >= 15 is 0 Å². The second kappa shape index (κ2) is 12.2. The van der Waals surface area contributed by atoms with Crippen molar-refractivity contribution in [3.8, 4) is 0 Å². The van der Waals surface area contributed by atoms with Crippen molar-refractivity contribution >= 4 is 28.9 Å². The second-order valence-electron chi connectivity index (χ2n) is 11.1. The lowest BCUT2D eigenvalue weighted by Crippen LogP contribution is -2.76. The van der Waals surface area contributed by atoms with Crippen LogP contribution in [0.1, 0.15) is 29.5 Å². The number of benzene rings is 2. The first-order valence-electron chi connectivity index (χ1n) is 14.2. The molecule has 0 aliphatic carbocycles. The average molecular weight is 624 g/mol. The Kier molecular flexibility index (Phi) is 8.29. The molecule has 2 fully saturated rings. The van der Waals surface area contributed by atoms with Crippen LogP contribution in [0, 0.1) is 11.6 Å². The lowest BCUT2D eigenvalue weighted by molar-refractivity contribution is -0.245. The van der Waals surface area contributed by atoms with Crippen molar-refractivity contribution in [2.45, 2.75) is 57.1 Å². The SMILES string of the molecule is CC1CCN(Cc2nccs2)C2CN3C=C(C(=O)NCc4ccc(F)cc4F)C(=O)C(O)(OCc4ccccc4)C3C(=O)N12. The highest BCUT2D eigenvalue weighted by molar-refractivity contribution is 7.09. The molecule has 1 aromatic heterocycles. The van der Waals surface area contributed by atoms with Crippen molar-refractivity contribution in [1.82, 2.24) is 25.0 Å². The summed E-state index contributed by atoms with van der Waals surface area (Å²) in [5.74, 6) is -6.79. The van der Waals surface area contributed by atoms with Gasteiger partial charge in [0.05, 0.1) is 19.7 Å². The molecule has 3 aliphatic rings. The number of Topliss-reactive ketones (excluding diaryl/α,β-unsaturated/α-hetero) is 1. The highest BCUT2D eigenvalue weighted by Crippen LogP contribution is 2.38. The summed E-state index contributed by atoms with van der Waals surface area (Å²) in [6, 6.07) is 10.2. The third-order valence-corrected chi connectivity index (χ3v) is 9.07. The topological polar surface area (TPSA) is 115 Å².